The molecule has 1 heterocycles. The van der Waals surface area contributed by atoms with Crippen LogP contribution in [-0.4, -0.2) is 16.2 Å². The Bertz CT molecular complexity index is 313. The second-order valence-electron chi connectivity index (χ2n) is 2.05. The Labute approximate surface area is 73.2 Å². The van der Waals surface area contributed by atoms with Gasteiger partial charge in [0.15, 0.2) is 4.77 Å². The van der Waals surface area contributed by atoms with Gasteiger partial charge in [-0.1, -0.05) is 0 Å². The predicted octanol–water partition coefficient (Wildman–Crippen LogP) is 1.30. The van der Waals surface area contributed by atoms with Gasteiger partial charge >= 0.3 is 0 Å². The van der Waals surface area contributed by atoms with E-state index in [0.717, 1.165) is 11.4 Å². The van der Waals surface area contributed by atoms with Gasteiger partial charge in [-0.05, 0) is 18.5 Å². The van der Waals surface area contributed by atoms with Gasteiger partial charge in [0.05, 0.1) is 0 Å². The van der Waals surface area contributed by atoms with E-state index < -0.39 is 0 Å². The average molecular weight is 188 g/mol. The minimum Gasteiger partial charge on any atom is -0.335 e. The summed E-state index contributed by atoms with van der Waals surface area (Å²) in [4.78, 5) is 16.2. The van der Waals surface area contributed by atoms with Crippen LogP contribution in [0.4, 0.5) is 0 Å². The van der Waals surface area contributed by atoms with Gasteiger partial charge in [0, 0.05) is 17.5 Å². The molecule has 0 aliphatic heterocycles. The van der Waals surface area contributed by atoms with Crippen molar-refractivity contribution in [1.82, 2.24) is 9.97 Å². The molecule has 0 amide bonds. The lowest BCUT2D eigenvalue weighted by Crippen LogP contribution is -2.07. The molecule has 0 aliphatic rings. The van der Waals surface area contributed by atoms with Crippen molar-refractivity contribution in [3.8, 4) is 0 Å². The van der Waals surface area contributed by atoms with E-state index in [2.05, 4.69) is 9.97 Å². The summed E-state index contributed by atoms with van der Waals surface area (Å²) in [5.74, 6) is 0.785. The van der Waals surface area contributed by atoms with Crippen LogP contribution in [0, 0.1) is 4.77 Å². The molecule has 2 N–H and O–H groups in total. The lowest BCUT2D eigenvalue weighted by Gasteiger charge is -1.95. The molecule has 11 heavy (non-hydrogen) atoms. The molecule has 0 unspecified atom stereocenters. The van der Waals surface area contributed by atoms with Gasteiger partial charge in [0.1, 0.15) is 0 Å². The summed E-state index contributed by atoms with van der Waals surface area (Å²) < 4.78 is 0.390. The first-order chi connectivity index (χ1) is 5.22. The highest BCUT2D eigenvalue weighted by atomic mass is 32.2. The van der Waals surface area contributed by atoms with Crippen LogP contribution in [0.2, 0.25) is 0 Å². The second-order valence-corrected chi connectivity index (χ2v) is 3.32. The van der Waals surface area contributed by atoms with Crippen LogP contribution >= 0.6 is 24.0 Å². The van der Waals surface area contributed by atoms with Crippen molar-refractivity contribution in [1.29, 1.82) is 0 Å². The first-order valence-corrected chi connectivity index (χ1v) is 4.84. The van der Waals surface area contributed by atoms with E-state index in [1.54, 1.807) is 11.8 Å². The topological polar surface area (TPSA) is 48.6 Å². The van der Waals surface area contributed by atoms with Crippen molar-refractivity contribution in [2.45, 2.75) is 5.75 Å². The van der Waals surface area contributed by atoms with Gasteiger partial charge in [-0.3, -0.25) is 9.78 Å². The lowest BCUT2D eigenvalue weighted by atomic mass is 10.5. The molecule has 0 spiro atoms. The molecule has 3 nitrogen and oxygen atoms in total. The summed E-state index contributed by atoms with van der Waals surface area (Å²) in [6, 6.07) is 1.52. The summed E-state index contributed by atoms with van der Waals surface area (Å²) in [6.45, 7) is 0. The number of H-pyrrole nitrogens is 2. The second kappa shape index (κ2) is 3.73. The van der Waals surface area contributed by atoms with Crippen LogP contribution < -0.4 is 5.56 Å². The van der Waals surface area contributed by atoms with Crippen molar-refractivity contribution >= 4 is 24.0 Å². The van der Waals surface area contributed by atoms with E-state index in [1.807, 2.05) is 6.26 Å². The monoisotopic (exact) mass is 188 g/mol. The fourth-order valence-electron chi connectivity index (χ4n) is 0.753. The third kappa shape index (κ3) is 2.51. The van der Waals surface area contributed by atoms with E-state index in [1.165, 1.54) is 6.07 Å². The smallest absolute Gasteiger partial charge is 0.251 e. The van der Waals surface area contributed by atoms with Crippen LogP contribution in [0.15, 0.2) is 10.9 Å². The summed E-state index contributed by atoms with van der Waals surface area (Å²) in [7, 11) is 0. The maximum atomic E-state index is 10.8. The minimum absolute atomic E-state index is 0.141. The molecular weight excluding hydrogens is 180 g/mol. The highest BCUT2D eigenvalue weighted by molar-refractivity contribution is 7.97. The molecular formula is C6H8N2OS2. The zero-order valence-corrected chi connectivity index (χ0v) is 7.64. The number of aromatic amines is 2. The summed E-state index contributed by atoms with van der Waals surface area (Å²) >= 11 is 6.42. The zero-order chi connectivity index (χ0) is 8.27. The molecule has 0 aromatic carbocycles. The SMILES string of the molecule is CSCc1cc(=O)[nH]c(=S)[nH]1. The Morgan fingerprint density at radius 3 is 2.91 bits per heavy atom. The molecule has 0 bridgehead atoms. The van der Waals surface area contributed by atoms with E-state index in [0.29, 0.717) is 4.77 Å². The molecule has 0 atom stereocenters. The van der Waals surface area contributed by atoms with E-state index in [4.69, 9.17) is 12.2 Å². The van der Waals surface area contributed by atoms with Crippen LogP contribution in [0.1, 0.15) is 5.69 Å². The fourth-order valence-corrected chi connectivity index (χ4v) is 1.45. The highest BCUT2D eigenvalue weighted by Crippen LogP contribution is 2.01. The standard InChI is InChI=1S/C6H8N2OS2/c1-11-3-4-2-5(9)8-6(10)7-4/h2H,3H2,1H3,(H2,7,8,9,10). The number of aromatic nitrogens is 2. The molecule has 1 rings (SSSR count). The van der Waals surface area contributed by atoms with E-state index in [-0.39, 0.29) is 5.56 Å². The Morgan fingerprint density at radius 2 is 2.36 bits per heavy atom. The number of hydrogen-bond acceptors (Lipinski definition) is 3. The zero-order valence-electron chi connectivity index (χ0n) is 6.01. The van der Waals surface area contributed by atoms with Crippen molar-refractivity contribution in [2.75, 3.05) is 6.26 Å². The molecule has 0 fully saturated rings. The highest BCUT2D eigenvalue weighted by Gasteiger charge is 1.91. The molecule has 1 aromatic heterocycles. The molecule has 5 heteroatoms. The Hall–Kier alpha value is -0.550. The Kier molecular flexibility index (Phi) is 2.90. The van der Waals surface area contributed by atoms with Crippen LogP contribution in [0.25, 0.3) is 0 Å². The van der Waals surface area contributed by atoms with Crippen molar-refractivity contribution < 1.29 is 0 Å². The maximum absolute atomic E-state index is 10.8. The fraction of sp³-hybridized carbons (Fsp3) is 0.333. The van der Waals surface area contributed by atoms with Gasteiger partial charge in [0.2, 0.25) is 0 Å². The van der Waals surface area contributed by atoms with E-state index >= 15 is 0 Å². The van der Waals surface area contributed by atoms with Crippen molar-refractivity contribution in [2.24, 2.45) is 0 Å². The van der Waals surface area contributed by atoms with Gasteiger partial charge in [-0.25, -0.2) is 0 Å². The van der Waals surface area contributed by atoms with Gasteiger partial charge < -0.3 is 4.98 Å². The quantitative estimate of drug-likeness (QED) is 0.688. The number of rotatable bonds is 2. The number of nitrogens with one attached hydrogen (secondary N) is 2. The number of thioether (sulfide) groups is 1. The first-order valence-electron chi connectivity index (χ1n) is 3.04. The Balaban J connectivity index is 3.09. The largest absolute Gasteiger partial charge is 0.335 e. The van der Waals surface area contributed by atoms with Crippen LogP contribution in [-0.2, 0) is 5.75 Å². The van der Waals surface area contributed by atoms with Crippen molar-refractivity contribution in [3.05, 3.63) is 26.9 Å². The molecule has 0 saturated heterocycles. The van der Waals surface area contributed by atoms with Crippen molar-refractivity contribution in [3.63, 3.8) is 0 Å². The summed E-state index contributed by atoms with van der Waals surface area (Å²) in [6.07, 6.45) is 1.97. The van der Waals surface area contributed by atoms with Gasteiger partial charge in [0.25, 0.3) is 5.56 Å². The minimum atomic E-state index is -0.141. The van der Waals surface area contributed by atoms with Gasteiger partial charge in [-0.2, -0.15) is 11.8 Å². The first kappa shape index (κ1) is 8.55. The predicted molar refractivity (Wildman–Crippen MR) is 49.5 cm³/mol. The summed E-state index contributed by atoms with van der Waals surface area (Å²) in [5.41, 5.74) is 0.726. The molecule has 0 radical (unpaired) electrons. The van der Waals surface area contributed by atoms with E-state index in [9.17, 15) is 4.79 Å². The lowest BCUT2D eigenvalue weighted by molar-refractivity contribution is 1.03. The van der Waals surface area contributed by atoms with Crippen LogP contribution in [0.5, 0.6) is 0 Å². The third-order valence-electron chi connectivity index (χ3n) is 1.12. The molecule has 0 aliphatic carbocycles. The summed E-state index contributed by atoms with van der Waals surface area (Å²) in [5, 5.41) is 0. The molecule has 1 aromatic rings. The molecule has 60 valence electrons. The molecule has 0 saturated carbocycles. The third-order valence-corrected chi connectivity index (χ3v) is 1.92. The average Bonchev–Trinajstić information content (AvgIpc) is 1.85. The normalized spacial score (nSPS) is 9.91. The number of hydrogen-bond donors (Lipinski definition) is 2. The van der Waals surface area contributed by atoms with Gasteiger partial charge in [-0.15, -0.1) is 0 Å². The van der Waals surface area contributed by atoms with Crippen LogP contribution in [0.3, 0.4) is 0 Å². The Morgan fingerprint density at radius 1 is 1.64 bits per heavy atom. The maximum Gasteiger partial charge on any atom is 0.251 e.